The average Bonchev–Trinajstić information content (AvgIpc) is 3.24. The summed E-state index contributed by atoms with van der Waals surface area (Å²) in [6.45, 7) is 4.62. The molecule has 166 valence electrons. The first-order valence-corrected chi connectivity index (χ1v) is 9.95. The largest absolute Gasteiger partial charge is 0.489 e. The fourth-order valence-corrected chi connectivity index (χ4v) is 2.96. The maximum absolute atomic E-state index is 12.6. The van der Waals surface area contributed by atoms with Crippen LogP contribution in [-0.4, -0.2) is 52.1 Å². The normalized spacial score (nSPS) is 12.5. The number of rotatable bonds is 11. The summed E-state index contributed by atoms with van der Waals surface area (Å²) in [5.41, 5.74) is 2.00. The number of ether oxygens (including phenoxy) is 2. The molecule has 9 heteroatoms. The van der Waals surface area contributed by atoms with Crippen molar-refractivity contribution >= 4 is 16.9 Å². The molecule has 0 spiro atoms. The summed E-state index contributed by atoms with van der Waals surface area (Å²) in [4.78, 5) is 20.3. The number of aromatic amines is 1. The smallest absolute Gasteiger partial charge is 0.338 e. The summed E-state index contributed by atoms with van der Waals surface area (Å²) in [7, 11) is 0. The van der Waals surface area contributed by atoms with Crippen molar-refractivity contribution in [2.75, 3.05) is 13.2 Å². The van der Waals surface area contributed by atoms with Crippen LogP contribution in [-0.2, 0) is 16.2 Å². The molecule has 4 N–H and O–H groups in total. The van der Waals surface area contributed by atoms with Gasteiger partial charge in [-0.2, -0.15) is 0 Å². The Balaban J connectivity index is 1.63. The summed E-state index contributed by atoms with van der Waals surface area (Å²) < 4.78 is 11.7. The summed E-state index contributed by atoms with van der Waals surface area (Å²) >= 11 is 0. The van der Waals surface area contributed by atoms with Crippen LogP contribution in [0.4, 0.5) is 0 Å². The Bertz CT molecular complexity index is 971. The summed E-state index contributed by atoms with van der Waals surface area (Å²) in [6, 6.07) is 14.4. The third-order valence-corrected chi connectivity index (χ3v) is 4.54. The van der Waals surface area contributed by atoms with E-state index in [-0.39, 0.29) is 24.6 Å². The van der Waals surface area contributed by atoms with E-state index >= 15 is 0 Å². The molecule has 1 heterocycles. The van der Waals surface area contributed by atoms with Gasteiger partial charge in [0.1, 0.15) is 18.5 Å². The number of hydrogen-bond donors (Lipinski definition) is 4. The molecule has 0 amide bonds. The number of fused-ring (bicyclic) bond motifs is 1. The van der Waals surface area contributed by atoms with Gasteiger partial charge in [-0.15, -0.1) is 0 Å². The lowest BCUT2D eigenvalue weighted by Gasteiger charge is -2.21. The van der Waals surface area contributed by atoms with E-state index in [2.05, 4.69) is 15.1 Å². The van der Waals surface area contributed by atoms with Crippen LogP contribution in [0.2, 0.25) is 0 Å². The highest BCUT2D eigenvalue weighted by Gasteiger charge is 2.18. The number of aromatic nitrogens is 1. The number of nitrogens with zero attached hydrogens (tertiary/aromatic N) is 1. The van der Waals surface area contributed by atoms with Gasteiger partial charge in [-0.05, 0) is 35.9 Å². The number of benzene rings is 2. The van der Waals surface area contributed by atoms with Crippen molar-refractivity contribution in [2.45, 2.75) is 32.6 Å². The van der Waals surface area contributed by atoms with Crippen LogP contribution in [0.15, 0.2) is 54.7 Å². The van der Waals surface area contributed by atoms with Gasteiger partial charge in [-0.25, -0.2) is 9.63 Å². The number of hydrogen-bond acceptors (Lipinski definition) is 8. The second kappa shape index (κ2) is 10.9. The zero-order valence-corrected chi connectivity index (χ0v) is 17.4. The highest BCUT2D eigenvalue weighted by atomic mass is 17.1. The van der Waals surface area contributed by atoms with Crippen LogP contribution < -0.4 is 10.1 Å². The zero-order chi connectivity index (χ0) is 22.2. The highest BCUT2D eigenvalue weighted by Crippen LogP contribution is 2.24. The second-order valence-electron chi connectivity index (χ2n) is 7.32. The summed E-state index contributed by atoms with van der Waals surface area (Å²) in [6.07, 6.45) is 1.35. The molecule has 1 unspecified atom stereocenters. The minimum atomic E-state index is -0.496. The van der Waals surface area contributed by atoms with Crippen LogP contribution in [0.25, 0.3) is 10.9 Å². The van der Waals surface area contributed by atoms with E-state index in [9.17, 15) is 4.79 Å². The molecule has 0 fully saturated rings. The molecule has 3 rings (SSSR count). The van der Waals surface area contributed by atoms with Crippen molar-refractivity contribution < 1.29 is 29.5 Å². The Morgan fingerprint density at radius 3 is 2.61 bits per heavy atom. The van der Waals surface area contributed by atoms with Crippen LogP contribution in [0.3, 0.4) is 0 Å². The molecule has 2 aromatic carbocycles. The third kappa shape index (κ3) is 6.78. The maximum Gasteiger partial charge on any atom is 0.338 e. The molecule has 0 saturated heterocycles. The first-order chi connectivity index (χ1) is 14.9. The SMILES string of the molecule is CC(C)NCC(COc1cccc2[nH]ccc12)OC(=O)c1ccc(CON(O)O)cc1. The van der Waals surface area contributed by atoms with Gasteiger partial charge in [0.15, 0.2) is 0 Å². The number of H-pyrrole nitrogens is 1. The fourth-order valence-electron chi connectivity index (χ4n) is 2.96. The van der Waals surface area contributed by atoms with Crippen molar-refractivity contribution in [3.8, 4) is 5.75 Å². The molecule has 0 bridgehead atoms. The van der Waals surface area contributed by atoms with Crippen LogP contribution in [0.1, 0.15) is 29.8 Å². The van der Waals surface area contributed by atoms with Gasteiger partial charge < -0.3 is 19.8 Å². The molecule has 0 aliphatic rings. The van der Waals surface area contributed by atoms with Gasteiger partial charge in [-0.1, -0.05) is 32.0 Å². The molecule has 9 nitrogen and oxygen atoms in total. The van der Waals surface area contributed by atoms with Crippen molar-refractivity contribution in [3.63, 3.8) is 0 Å². The Kier molecular flexibility index (Phi) is 7.99. The van der Waals surface area contributed by atoms with Crippen molar-refractivity contribution in [1.29, 1.82) is 0 Å². The predicted octanol–water partition coefficient (Wildman–Crippen LogP) is 3.28. The predicted molar refractivity (Wildman–Crippen MR) is 113 cm³/mol. The maximum atomic E-state index is 12.6. The Labute approximate surface area is 180 Å². The lowest BCUT2D eigenvalue weighted by molar-refractivity contribution is -0.497. The molecule has 3 aromatic rings. The quantitative estimate of drug-likeness (QED) is 0.271. The second-order valence-corrected chi connectivity index (χ2v) is 7.32. The molecular formula is C22H27N3O6. The first kappa shape index (κ1) is 22.7. The van der Waals surface area contributed by atoms with Crippen LogP contribution in [0, 0.1) is 0 Å². The number of nitrogens with one attached hydrogen (secondary N) is 2. The molecule has 31 heavy (non-hydrogen) atoms. The molecule has 0 radical (unpaired) electrons. The standard InChI is InChI=1S/C22H27N3O6/c1-15(2)24-12-18(14-29-21-5-3-4-20-19(21)10-11-23-20)31-22(26)17-8-6-16(7-9-17)13-30-25(27)28/h3-11,15,18,23-24,27-28H,12-14H2,1-2H3. The Morgan fingerprint density at radius 1 is 1.13 bits per heavy atom. The summed E-state index contributed by atoms with van der Waals surface area (Å²) in [5.74, 6) is 0.243. The molecule has 0 aliphatic heterocycles. The van der Waals surface area contributed by atoms with E-state index in [0.717, 1.165) is 16.7 Å². The first-order valence-electron chi connectivity index (χ1n) is 9.95. The fraction of sp³-hybridized carbons (Fsp3) is 0.318. The van der Waals surface area contributed by atoms with Crippen LogP contribution in [0.5, 0.6) is 5.75 Å². The number of carbonyl (C=O) groups excluding carboxylic acids is 1. The van der Waals surface area contributed by atoms with Gasteiger partial charge in [-0.3, -0.25) is 10.4 Å². The van der Waals surface area contributed by atoms with E-state index < -0.39 is 12.1 Å². The van der Waals surface area contributed by atoms with E-state index in [4.69, 9.17) is 19.9 Å². The minimum Gasteiger partial charge on any atom is -0.489 e. The van der Waals surface area contributed by atoms with E-state index in [0.29, 0.717) is 17.7 Å². The van der Waals surface area contributed by atoms with Crippen molar-refractivity contribution in [3.05, 3.63) is 65.9 Å². The lowest BCUT2D eigenvalue weighted by atomic mass is 10.1. The lowest BCUT2D eigenvalue weighted by Crippen LogP contribution is -2.38. The monoisotopic (exact) mass is 429 g/mol. The van der Waals surface area contributed by atoms with E-state index in [1.807, 2.05) is 44.3 Å². The van der Waals surface area contributed by atoms with Gasteiger partial charge in [0.2, 0.25) is 0 Å². The Hall–Kier alpha value is -2.95. The van der Waals surface area contributed by atoms with E-state index in [1.54, 1.807) is 24.3 Å². The highest BCUT2D eigenvalue weighted by molar-refractivity contribution is 5.89. The van der Waals surface area contributed by atoms with Gasteiger partial charge in [0.05, 0.1) is 17.6 Å². The average molecular weight is 429 g/mol. The van der Waals surface area contributed by atoms with Gasteiger partial charge >= 0.3 is 5.97 Å². The van der Waals surface area contributed by atoms with E-state index in [1.165, 1.54) is 0 Å². The van der Waals surface area contributed by atoms with Gasteiger partial charge in [0.25, 0.3) is 0 Å². The molecule has 1 aromatic heterocycles. The minimum absolute atomic E-state index is 0.0538. The van der Waals surface area contributed by atoms with Crippen molar-refractivity contribution in [2.24, 2.45) is 0 Å². The number of esters is 1. The molecule has 0 aliphatic carbocycles. The molecule has 1 atom stereocenters. The molecule has 0 saturated carbocycles. The topological polar surface area (TPSA) is 116 Å². The third-order valence-electron chi connectivity index (χ3n) is 4.54. The Morgan fingerprint density at radius 2 is 1.90 bits per heavy atom. The zero-order valence-electron chi connectivity index (χ0n) is 17.4. The van der Waals surface area contributed by atoms with Crippen molar-refractivity contribution in [1.82, 2.24) is 15.7 Å². The van der Waals surface area contributed by atoms with Gasteiger partial charge in [0, 0.05) is 29.7 Å². The summed E-state index contributed by atoms with van der Waals surface area (Å²) in [5, 5.41) is 21.1. The van der Waals surface area contributed by atoms with Crippen LogP contribution >= 0.6 is 0 Å². The number of carbonyl (C=O) groups is 1. The molecular weight excluding hydrogens is 402 g/mol.